The smallest absolute Gasteiger partial charge is 0.119 e. The second-order valence-electron chi connectivity index (χ2n) is 4.45. The molecule has 2 aromatic carbocycles. The van der Waals surface area contributed by atoms with Crippen LogP contribution in [0.4, 0.5) is 0 Å². The monoisotopic (exact) mass is 319 g/mol. The Morgan fingerprint density at radius 3 is 2.68 bits per heavy atom. The quantitative estimate of drug-likeness (QED) is 0.900. The van der Waals surface area contributed by atoms with Crippen molar-refractivity contribution in [1.82, 2.24) is 0 Å². The fraction of sp³-hybridized carbons (Fsp3) is 0.250. The first kappa shape index (κ1) is 14.1. The maximum absolute atomic E-state index is 6.27. The highest BCUT2D eigenvalue weighted by Crippen LogP contribution is 2.22. The molecule has 0 radical (unpaired) electrons. The topological polar surface area (TPSA) is 35.2 Å². The molecule has 0 aliphatic heterocycles. The van der Waals surface area contributed by atoms with Gasteiger partial charge >= 0.3 is 0 Å². The summed E-state index contributed by atoms with van der Waals surface area (Å²) in [6.07, 6.45) is 0.815. The first-order chi connectivity index (χ1) is 9.19. The van der Waals surface area contributed by atoms with Gasteiger partial charge in [0, 0.05) is 10.5 Å². The summed E-state index contributed by atoms with van der Waals surface area (Å²) >= 11 is 3.48. The SMILES string of the molecule is CCOc1cccc(C(N)Cc2cccc(Br)c2)c1. The van der Waals surface area contributed by atoms with Crippen LogP contribution in [0.2, 0.25) is 0 Å². The van der Waals surface area contributed by atoms with Crippen LogP contribution in [0.15, 0.2) is 53.0 Å². The Kier molecular flexibility index (Phi) is 5.00. The Labute approximate surface area is 122 Å². The van der Waals surface area contributed by atoms with Crippen molar-refractivity contribution in [2.75, 3.05) is 6.61 Å². The van der Waals surface area contributed by atoms with Gasteiger partial charge in [-0.1, -0.05) is 40.2 Å². The molecule has 19 heavy (non-hydrogen) atoms. The highest BCUT2D eigenvalue weighted by atomic mass is 79.9. The maximum Gasteiger partial charge on any atom is 0.119 e. The lowest BCUT2D eigenvalue weighted by Crippen LogP contribution is -2.13. The number of hydrogen-bond donors (Lipinski definition) is 1. The lowest BCUT2D eigenvalue weighted by Gasteiger charge is -2.14. The second kappa shape index (κ2) is 6.73. The van der Waals surface area contributed by atoms with Gasteiger partial charge in [0.05, 0.1) is 6.61 Å². The van der Waals surface area contributed by atoms with Gasteiger partial charge in [-0.15, -0.1) is 0 Å². The summed E-state index contributed by atoms with van der Waals surface area (Å²) in [6.45, 7) is 2.65. The molecule has 3 heteroatoms. The summed E-state index contributed by atoms with van der Waals surface area (Å²) in [4.78, 5) is 0. The standard InChI is InChI=1S/C16H18BrNO/c1-2-19-15-8-4-6-13(11-15)16(18)10-12-5-3-7-14(17)9-12/h3-9,11,16H,2,10,18H2,1H3. The normalized spacial score (nSPS) is 12.2. The molecule has 1 atom stereocenters. The van der Waals surface area contributed by atoms with Crippen molar-refractivity contribution < 1.29 is 4.74 Å². The Bertz CT molecular complexity index is 542. The zero-order valence-corrected chi connectivity index (χ0v) is 12.6. The Morgan fingerprint density at radius 1 is 1.16 bits per heavy atom. The first-order valence-electron chi connectivity index (χ1n) is 6.42. The molecule has 0 heterocycles. The van der Waals surface area contributed by atoms with E-state index < -0.39 is 0 Å². The Hall–Kier alpha value is -1.32. The van der Waals surface area contributed by atoms with Crippen LogP contribution in [0.25, 0.3) is 0 Å². The second-order valence-corrected chi connectivity index (χ2v) is 5.36. The molecule has 0 amide bonds. The lowest BCUT2D eigenvalue weighted by atomic mass is 9.99. The van der Waals surface area contributed by atoms with E-state index in [1.165, 1.54) is 5.56 Å². The molecule has 0 fully saturated rings. The minimum Gasteiger partial charge on any atom is -0.494 e. The first-order valence-corrected chi connectivity index (χ1v) is 7.21. The van der Waals surface area contributed by atoms with E-state index in [2.05, 4.69) is 28.1 Å². The van der Waals surface area contributed by atoms with E-state index >= 15 is 0 Å². The van der Waals surface area contributed by atoms with Crippen LogP contribution in [0.3, 0.4) is 0 Å². The van der Waals surface area contributed by atoms with Crippen LogP contribution in [0, 0.1) is 0 Å². The van der Waals surface area contributed by atoms with Crippen LogP contribution in [-0.2, 0) is 6.42 Å². The van der Waals surface area contributed by atoms with Crippen molar-refractivity contribution in [3.05, 3.63) is 64.1 Å². The van der Waals surface area contributed by atoms with Gasteiger partial charge in [0.1, 0.15) is 5.75 Å². The highest BCUT2D eigenvalue weighted by Gasteiger charge is 2.08. The fourth-order valence-corrected chi connectivity index (χ4v) is 2.48. The van der Waals surface area contributed by atoms with Crippen molar-refractivity contribution in [3.63, 3.8) is 0 Å². The fourth-order valence-electron chi connectivity index (χ4n) is 2.04. The summed E-state index contributed by atoms with van der Waals surface area (Å²) in [5.41, 5.74) is 8.60. The third-order valence-electron chi connectivity index (χ3n) is 2.94. The molecule has 0 saturated carbocycles. The van der Waals surface area contributed by atoms with Crippen LogP contribution < -0.4 is 10.5 Å². The van der Waals surface area contributed by atoms with E-state index in [0.29, 0.717) is 6.61 Å². The number of rotatable bonds is 5. The van der Waals surface area contributed by atoms with Gasteiger partial charge in [-0.05, 0) is 48.7 Å². The number of benzene rings is 2. The molecule has 0 bridgehead atoms. The Balaban J connectivity index is 2.11. The van der Waals surface area contributed by atoms with Gasteiger partial charge in [-0.3, -0.25) is 0 Å². The zero-order valence-electron chi connectivity index (χ0n) is 11.0. The molecular formula is C16H18BrNO. The largest absolute Gasteiger partial charge is 0.494 e. The molecule has 0 aliphatic rings. The minimum absolute atomic E-state index is 0.0188. The summed E-state index contributed by atoms with van der Waals surface area (Å²) in [6, 6.07) is 16.2. The van der Waals surface area contributed by atoms with Gasteiger partial charge in [0.2, 0.25) is 0 Å². The number of halogens is 1. The molecule has 0 saturated heterocycles. The highest BCUT2D eigenvalue weighted by molar-refractivity contribution is 9.10. The summed E-state index contributed by atoms with van der Waals surface area (Å²) in [5, 5.41) is 0. The van der Waals surface area contributed by atoms with Crippen molar-refractivity contribution in [1.29, 1.82) is 0 Å². The zero-order chi connectivity index (χ0) is 13.7. The van der Waals surface area contributed by atoms with Crippen LogP contribution in [0.1, 0.15) is 24.1 Å². The maximum atomic E-state index is 6.27. The number of nitrogens with two attached hydrogens (primary N) is 1. The summed E-state index contributed by atoms with van der Waals surface area (Å²) in [7, 11) is 0. The number of ether oxygens (including phenoxy) is 1. The van der Waals surface area contributed by atoms with E-state index in [4.69, 9.17) is 10.5 Å². The van der Waals surface area contributed by atoms with Crippen LogP contribution in [0.5, 0.6) is 5.75 Å². The third-order valence-corrected chi connectivity index (χ3v) is 3.44. The third kappa shape index (κ3) is 4.08. The predicted octanol–water partition coefficient (Wildman–Crippen LogP) is 4.09. The van der Waals surface area contributed by atoms with Crippen LogP contribution in [-0.4, -0.2) is 6.61 Å². The molecular weight excluding hydrogens is 302 g/mol. The molecule has 2 N–H and O–H groups in total. The molecule has 2 aromatic rings. The van der Waals surface area contributed by atoms with Gasteiger partial charge < -0.3 is 10.5 Å². The predicted molar refractivity (Wildman–Crippen MR) is 82.4 cm³/mol. The molecule has 1 unspecified atom stereocenters. The van der Waals surface area contributed by atoms with Crippen molar-refractivity contribution in [2.45, 2.75) is 19.4 Å². The van der Waals surface area contributed by atoms with Crippen molar-refractivity contribution >= 4 is 15.9 Å². The van der Waals surface area contributed by atoms with Gasteiger partial charge in [-0.2, -0.15) is 0 Å². The van der Waals surface area contributed by atoms with Crippen molar-refractivity contribution in [3.8, 4) is 5.75 Å². The molecule has 2 rings (SSSR count). The summed E-state index contributed by atoms with van der Waals surface area (Å²) < 4.78 is 6.59. The minimum atomic E-state index is -0.0188. The van der Waals surface area contributed by atoms with E-state index in [-0.39, 0.29) is 6.04 Å². The van der Waals surface area contributed by atoms with Crippen LogP contribution >= 0.6 is 15.9 Å². The van der Waals surface area contributed by atoms with E-state index in [9.17, 15) is 0 Å². The van der Waals surface area contributed by atoms with Crippen molar-refractivity contribution in [2.24, 2.45) is 5.73 Å². The average Bonchev–Trinajstić information content (AvgIpc) is 2.39. The molecule has 0 aliphatic carbocycles. The summed E-state index contributed by atoms with van der Waals surface area (Å²) in [5.74, 6) is 0.879. The average molecular weight is 320 g/mol. The molecule has 100 valence electrons. The molecule has 2 nitrogen and oxygen atoms in total. The lowest BCUT2D eigenvalue weighted by molar-refractivity contribution is 0.339. The van der Waals surface area contributed by atoms with Gasteiger partial charge in [-0.25, -0.2) is 0 Å². The molecule has 0 spiro atoms. The molecule has 0 aromatic heterocycles. The van der Waals surface area contributed by atoms with Gasteiger partial charge in [0.25, 0.3) is 0 Å². The van der Waals surface area contributed by atoms with E-state index in [0.717, 1.165) is 22.2 Å². The number of hydrogen-bond acceptors (Lipinski definition) is 2. The van der Waals surface area contributed by atoms with Gasteiger partial charge in [0.15, 0.2) is 0 Å². The van der Waals surface area contributed by atoms with E-state index in [1.54, 1.807) is 0 Å². The Morgan fingerprint density at radius 2 is 1.95 bits per heavy atom. The van der Waals surface area contributed by atoms with E-state index in [1.807, 2.05) is 43.3 Å².